The van der Waals surface area contributed by atoms with Gasteiger partial charge < -0.3 is 5.73 Å². The second-order valence-electron chi connectivity index (χ2n) is 3.18. The van der Waals surface area contributed by atoms with Gasteiger partial charge in [0.2, 0.25) is 0 Å². The molecule has 2 aromatic rings. The van der Waals surface area contributed by atoms with E-state index in [1.807, 2.05) is 37.3 Å². The van der Waals surface area contributed by atoms with Gasteiger partial charge in [0, 0.05) is 6.04 Å². The van der Waals surface area contributed by atoms with E-state index in [0.717, 1.165) is 11.4 Å². The van der Waals surface area contributed by atoms with Gasteiger partial charge in [-0.3, -0.25) is 0 Å². The van der Waals surface area contributed by atoms with E-state index in [9.17, 15) is 0 Å². The Balaban J connectivity index is 2.34. The van der Waals surface area contributed by atoms with Crippen molar-refractivity contribution in [3.05, 3.63) is 42.2 Å². The zero-order chi connectivity index (χ0) is 9.97. The van der Waals surface area contributed by atoms with Crippen molar-refractivity contribution in [2.45, 2.75) is 13.0 Å². The molecule has 0 aliphatic rings. The number of hydrogen-bond donors (Lipinski definition) is 1. The molecule has 0 spiro atoms. The highest BCUT2D eigenvalue weighted by Crippen LogP contribution is 2.07. The monoisotopic (exact) mass is 188 g/mol. The highest BCUT2D eigenvalue weighted by Gasteiger charge is 2.05. The first-order valence-corrected chi connectivity index (χ1v) is 4.50. The van der Waals surface area contributed by atoms with Crippen LogP contribution >= 0.6 is 0 Å². The molecule has 0 saturated heterocycles. The van der Waals surface area contributed by atoms with Crippen molar-refractivity contribution in [3.63, 3.8) is 0 Å². The molecule has 4 heteroatoms. The number of nitrogens with zero attached hydrogens (tertiary/aromatic N) is 3. The molecule has 2 N–H and O–H groups in total. The Bertz CT molecular complexity index is 405. The summed E-state index contributed by atoms with van der Waals surface area (Å²) in [6.07, 6.45) is 1.69. The number of para-hydroxylation sites is 1. The van der Waals surface area contributed by atoms with Gasteiger partial charge in [0.1, 0.15) is 0 Å². The van der Waals surface area contributed by atoms with Gasteiger partial charge >= 0.3 is 0 Å². The van der Waals surface area contributed by atoms with Gasteiger partial charge in [-0.15, -0.1) is 0 Å². The molecule has 1 aromatic carbocycles. The Morgan fingerprint density at radius 1 is 1.29 bits per heavy atom. The van der Waals surface area contributed by atoms with Crippen LogP contribution in [-0.2, 0) is 0 Å². The van der Waals surface area contributed by atoms with Gasteiger partial charge in [-0.05, 0) is 19.1 Å². The molecular formula is C10H12N4. The second-order valence-corrected chi connectivity index (χ2v) is 3.18. The van der Waals surface area contributed by atoms with Crippen LogP contribution in [0.4, 0.5) is 0 Å². The summed E-state index contributed by atoms with van der Waals surface area (Å²) in [5, 5.41) is 8.39. The summed E-state index contributed by atoms with van der Waals surface area (Å²) in [7, 11) is 0. The van der Waals surface area contributed by atoms with E-state index in [-0.39, 0.29) is 6.04 Å². The van der Waals surface area contributed by atoms with Crippen LogP contribution in [0.15, 0.2) is 36.5 Å². The highest BCUT2D eigenvalue weighted by atomic mass is 15.5. The maximum Gasteiger partial charge on any atom is 0.0995 e. The third kappa shape index (κ3) is 1.65. The molecule has 4 nitrogen and oxygen atoms in total. The molecule has 0 bridgehead atoms. The van der Waals surface area contributed by atoms with Gasteiger partial charge in [0.25, 0.3) is 0 Å². The molecule has 1 aromatic heterocycles. The summed E-state index contributed by atoms with van der Waals surface area (Å²) >= 11 is 0. The van der Waals surface area contributed by atoms with Crippen LogP contribution in [0.25, 0.3) is 5.69 Å². The highest BCUT2D eigenvalue weighted by molar-refractivity contribution is 5.28. The van der Waals surface area contributed by atoms with Crippen molar-refractivity contribution in [3.8, 4) is 5.69 Å². The van der Waals surface area contributed by atoms with Crippen LogP contribution in [0.3, 0.4) is 0 Å². The van der Waals surface area contributed by atoms with Gasteiger partial charge in [0.05, 0.1) is 17.6 Å². The molecule has 0 fully saturated rings. The number of aromatic nitrogens is 3. The first-order valence-electron chi connectivity index (χ1n) is 4.50. The van der Waals surface area contributed by atoms with E-state index in [1.54, 1.807) is 11.0 Å². The van der Waals surface area contributed by atoms with Crippen LogP contribution in [0.5, 0.6) is 0 Å². The van der Waals surface area contributed by atoms with E-state index in [1.165, 1.54) is 0 Å². The lowest BCUT2D eigenvalue weighted by Crippen LogP contribution is -2.06. The molecule has 0 radical (unpaired) electrons. The van der Waals surface area contributed by atoms with Gasteiger partial charge in [0.15, 0.2) is 0 Å². The smallest absolute Gasteiger partial charge is 0.0995 e. The molecule has 1 heterocycles. The molecule has 1 unspecified atom stereocenters. The van der Waals surface area contributed by atoms with Crippen LogP contribution < -0.4 is 5.73 Å². The van der Waals surface area contributed by atoms with E-state index in [0.29, 0.717) is 0 Å². The molecule has 0 saturated carbocycles. The molecule has 0 aliphatic carbocycles. The van der Waals surface area contributed by atoms with Gasteiger partial charge in [-0.2, -0.15) is 15.0 Å². The molecular weight excluding hydrogens is 176 g/mol. The lowest BCUT2D eigenvalue weighted by atomic mass is 10.3. The first kappa shape index (κ1) is 8.90. The lowest BCUT2D eigenvalue weighted by molar-refractivity contribution is 0.706. The minimum atomic E-state index is -0.0764. The number of nitrogens with two attached hydrogens (primary N) is 1. The summed E-state index contributed by atoms with van der Waals surface area (Å²) in [4.78, 5) is 1.58. The van der Waals surface area contributed by atoms with Crippen LogP contribution in [-0.4, -0.2) is 15.0 Å². The Labute approximate surface area is 82.4 Å². The average molecular weight is 188 g/mol. The fraction of sp³-hybridized carbons (Fsp3) is 0.200. The fourth-order valence-electron chi connectivity index (χ4n) is 1.17. The van der Waals surface area contributed by atoms with Crippen molar-refractivity contribution in [2.24, 2.45) is 5.73 Å². The predicted molar refractivity (Wildman–Crippen MR) is 54.0 cm³/mol. The zero-order valence-corrected chi connectivity index (χ0v) is 7.96. The number of hydrogen-bond acceptors (Lipinski definition) is 3. The third-order valence-electron chi connectivity index (χ3n) is 1.96. The maximum atomic E-state index is 5.69. The van der Waals surface area contributed by atoms with Crippen molar-refractivity contribution < 1.29 is 0 Å². The molecule has 14 heavy (non-hydrogen) atoms. The van der Waals surface area contributed by atoms with Crippen LogP contribution in [0.2, 0.25) is 0 Å². The third-order valence-corrected chi connectivity index (χ3v) is 1.96. The van der Waals surface area contributed by atoms with E-state index in [2.05, 4.69) is 10.2 Å². The van der Waals surface area contributed by atoms with Gasteiger partial charge in [-0.25, -0.2) is 0 Å². The molecule has 72 valence electrons. The lowest BCUT2D eigenvalue weighted by Gasteiger charge is -1.99. The van der Waals surface area contributed by atoms with E-state index >= 15 is 0 Å². The Morgan fingerprint density at radius 3 is 2.57 bits per heavy atom. The minimum Gasteiger partial charge on any atom is -0.323 e. The fourth-order valence-corrected chi connectivity index (χ4v) is 1.17. The first-order chi connectivity index (χ1) is 6.77. The predicted octanol–water partition coefficient (Wildman–Crippen LogP) is 1.29. The van der Waals surface area contributed by atoms with Crippen molar-refractivity contribution >= 4 is 0 Å². The summed E-state index contributed by atoms with van der Waals surface area (Å²) in [6, 6.07) is 9.68. The Hall–Kier alpha value is -1.68. The van der Waals surface area contributed by atoms with Crippen molar-refractivity contribution in [2.75, 3.05) is 0 Å². The zero-order valence-electron chi connectivity index (χ0n) is 7.96. The minimum absolute atomic E-state index is 0.0764. The number of rotatable bonds is 2. The normalized spacial score (nSPS) is 12.7. The number of benzene rings is 1. The van der Waals surface area contributed by atoms with Gasteiger partial charge in [-0.1, -0.05) is 18.2 Å². The largest absolute Gasteiger partial charge is 0.323 e. The SMILES string of the molecule is CC(N)c1cnn(-c2ccccc2)n1. The summed E-state index contributed by atoms with van der Waals surface area (Å²) < 4.78 is 0. The topological polar surface area (TPSA) is 56.7 Å². The molecule has 0 amide bonds. The van der Waals surface area contributed by atoms with Crippen LogP contribution in [0.1, 0.15) is 18.7 Å². The quantitative estimate of drug-likeness (QED) is 0.772. The standard InChI is InChI=1S/C10H12N4/c1-8(11)10-7-12-14(13-10)9-5-3-2-4-6-9/h2-8H,11H2,1H3. The Kier molecular flexibility index (Phi) is 2.28. The Morgan fingerprint density at radius 2 is 2.00 bits per heavy atom. The molecule has 0 aliphatic heterocycles. The molecule has 1 atom stereocenters. The maximum absolute atomic E-state index is 5.69. The van der Waals surface area contributed by atoms with Crippen molar-refractivity contribution in [1.29, 1.82) is 0 Å². The summed E-state index contributed by atoms with van der Waals surface area (Å²) in [5.41, 5.74) is 7.43. The van der Waals surface area contributed by atoms with E-state index in [4.69, 9.17) is 5.73 Å². The second kappa shape index (κ2) is 3.59. The molecule has 2 rings (SSSR count). The van der Waals surface area contributed by atoms with Crippen LogP contribution in [0, 0.1) is 0 Å². The average Bonchev–Trinajstić information content (AvgIpc) is 2.68. The summed E-state index contributed by atoms with van der Waals surface area (Å²) in [5.74, 6) is 0. The van der Waals surface area contributed by atoms with Crippen molar-refractivity contribution in [1.82, 2.24) is 15.0 Å². The van der Waals surface area contributed by atoms with E-state index < -0.39 is 0 Å². The summed E-state index contributed by atoms with van der Waals surface area (Å²) in [6.45, 7) is 1.89.